The quantitative estimate of drug-likeness (QED) is 0.401. The van der Waals surface area contributed by atoms with Gasteiger partial charge in [0, 0.05) is 13.3 Å². The molecule has 9 heteroatoms. The van der Waals surface area contributed by atoms with E-state index in [2.05, 4.69) is 5.32 Å². The minimum absolute atomic E-state index is 0.187. The van der Waals surface area contributed by atoms with Crippen LogP contribution < -0.4 is 5.32 Å². The average molecular weight is 329 g/mol. The first-order valence-corrected chi connectivity index (χ1v) is 7.83. The van der Waals surface area contributed by atoms with Gasteiger partial charge in [-0.1, -0.05) is 0 Å². The van der Waals surface area contributed by atoms with E-state index < -0.39 is 41.1 Å². The number of hydrogen-bond acceptors (Lipinski definition) is 5. The van der Waals surface area contributed by atoms with Crippen molar-refractivity contribution >= 4 is 29.0 Å². The molecule has 8 nitrogen and oxygen atoms in total. The molecule has 2 aliphatic heterocycles. The maximum atomic E-state index is 12.0. The molecule has 1 unspecified atom stereocenters. The lowest BCUT2D eigenvalue weighted by Crippen LogP contribution is -2.61. The number of nitrogens with zero attached hydrogens (tertiary/aromatic N) is 1. The Morgan fingerprint density at radius 1 is 1.50 bits per heavy atom. The SMILES string of the molecule is CC(=O)N/C=C/[S+](O)C1=C(C(=O)O)N2C(=O)[C@@H]([C@H](C)O)[C@H]2C1. The van der Waals surface area contributed by atoms with Crippen LogP contribution >= 0.6 is 0 Å². The Morgan fingerprint density at radius 3 is 2.64 bits per heavy atom. The zero-order valence-electron chi connectivity index (χ0n) is 12.0. The van der Waals surface area contributed by atoms with Gasteiger partial charge < -0.3 is 15.5 Å². The van der Waals surface area contributed by atoms with Crippen LogP contribution in [0.1, 0.15) is 20.3 Å². The molecule has 0 spiro atoms. The summed E-state index contributed by atoms with van der Waals surface area (Å²) in [5, 5.41) is 22.5. The van der Waals surface area contributed by atoms with E-state index in [1.54, 1.807) is 0 Å². The lowest BCUT2D eigenvalue weighted by Gasteiger charge is -2.43. The predicted octanol–water partition coefficient (Wildman–Crippen LogP) is -0.407. The van der Waals surface area contributed by atoms with Gasteiger partial charge in [-0.15, -0.1) is 0 Å². The van der Waals surface area contributed by atoms with Gasteiger partial charge in [-0.3, -0.25) is 14.5 Å². The minimum Gasteiger partial charge on any atom is -0.476 e. The van der Waals surface area contributed by atoms with Crippen molar-refractivity contribution in [1.82, 2.24) is 10.2 Å². The number of β-lactam (4-membered cyclic amide) rings is 1. The van der Waals surface area contributed by atoms with Gasteiger partial charge in [0.2, 0.25) is 27.9 Å². The average Bonchev–Trinajstić information content (AvgIpc) is 2.72. The van der Waals surface area contributed by atoms with Crippen LogP contribution in [0.2, 0.25) is 0 Å². The third-order valence-electron chi connectivity index (χ3n) is 3.63. The van der Waals surface area contributed by atoms with Crippen molar-refractivity contribution in [1.29, 1.82) is 0 Å². The third-order valence-corrected chi connectivity index (χ3v) is 4.89. The van der Waals surface area contributed by atoms with Crippen molar-refractivity contribution < 1.29 is 29.1 Å². The lowest BCUT2D eigenvalue weighted by molar-refractivity contribution is -0.161. The molecule has 120 valence electrons. The molecule has 0 bridgehead atoms. The maximum absolute atomic E-state index is 12.0. The fourth-order valence-corrected chi connectivity index (χ4v) is 3.80. The van der Waals surface area contributed by atoms with E-state index >= 15 is 0 Å². The topological polar surface area (TPSA) is 127 Å². The van der Waals surface area contributed by atoms with Crippen molar-refractivity contribution in [3.63, 3.8) is 0 Å². The number of aliphatic hydroxyl groups is 1. The summed E-state index contributed by atoms with van der Waals surface area (Å²) in [5.74, 6) is -2.71. The Hall–Kier alpha value is -1.84. The number of carboxylic acids is 1. The largest absolute Gasteiger partial charge is 0.476 e. The summed E-state index contributed by atoms with van der Waals surface area (Å²) in [6.07, 6.45) is 0.549. The Bertz CT molecular complexity index is 585. The molecule has 2 amide bonds. The molecular weight excluding hydrogens is 312 g/mol. The lowest BCUT2D eigenvalue weighted by atomic mass is 9.83. The number of rotatable bonds is 5. The first kappa shape index (κ1) is 16.5. The zero-order valence-corrected chi connectivity index (χ0v) is 12.8. The van der Waals surface area contributed by atoms with Crippen molar-refractivity contribution in [2.24, 2.45) is 5.92 Å². The molecule has 1 fully saturated rings. The van der Waals surface area contributed by atoms with Crippen LogP contribution in [0.4, 0.5) is 0 Å². The highest BCUT2D eigenvalue weighted by molar-refractivity contribution is 7.98. The van der Waals surface area contributed by atoms with Gasteiger partial charge in [0.05, 0.1) is 24.3 Å². The molecule has 0 radical (unpaired) electrons. The molecule has 2 rings (SSSR count). The van der Waals surface area contributed by atoms with Crippen LogP contribution in [-0.4, -0.2) is 49.6 Å². The standard InChI is InChI=1S/C13H16N2O6S/c1-6(16)10-8-5-9(22(21)4-3-14-7(2)17)11(13(19)20)15(8)12(10)18/h3-4,6,8,10,16,21H,5H2,1-2H3,(H-,14,17,19,20)/p+1/b4-3+/t6-,8+,10-,22?/m0/s1. The van der Waals surface area contributed by atoms with E-state index in [1.807, 2.05) is 0 Å². The maximum Gasteiger partial charge on any atom is 0.357 e. The summed E-state index contributed by atoms with van der Waals surface area (Å²) in [5.41, 5.74) is -0.231. The van der Waals surface area contributed by atoms with Crippen molar-refractivity contribution in [2.75, 3.05) is 0 Å². The highest BCUT2D eigenvalue weighted by Gasteiger charge is 2.60. The molecular formula is C13H17N2O6S+. The molecule has 2 aliphatic rings. The fraction of sp³-hybridized carbons (Fsp3) is 0.462. The number of carbonyl (C=O) groups is 3. The van der Waals surface area contributed by atoms with Gasteiger partial charge in [0.1, 0.15) is 0 Å². The van der Waals surface area contributed by atoms with Crippen LogP contribution in [0.15, 0.2) is 22.2 Å². The Balaban J connectivity index is 2.23. The first-order valence-electron chi connectivity index (χ1n) is 6.59. The van der Waals surface area contributed by atoms with Crippen molar-refractivity contribution in [3.05, 3.63) is 22.2 Å². The number of carboxylic acid groups (broad SMARTS) is 1. The highest BCUT2D eigenvalue weighted by atomic mass is 32.2. The fourth-order valence-electron chi connectivity index (χ4n) is 2.71. The highest BCUT2D eigenvalue weighted by Crippen LogP contribution is 2.45. The molecule has 0 saturated carbocycles. The van der Waals surface area contributed by atoms with Gasteiger partial charge in [0.15, 0.2) is 11.1 Å². The molecule has 0 aromatic rings. The summed E-state index contributed by atoms with van der Waals surface area (Å²) in [7, 11) is 0. The van der Waals surface area contributed by atoms with Crippen LogP contribution in [0.3, 0.4) is 0 Å². The smallest absolute Gasteiger partial charge is 0.357 e. The number of amides is 2. The van der Waals surface area contributed by atoms with E-state index in [0.29, 0.717) is 0 Å². The molecule has 2 heterocycles. The molecule has 0 aliphatic carbocycles. The van der Waals surface area contributed by atoms with E-state index in [4.69, 9.17) is 0 Å². The van der Waals surface area contributed by atoms with E-state index in [0.717, 1.165) is 4.90 Å². The van der Waals surface area contributed by atoms with Gasteiger partial charge in [-0.05, 0) is 6.92 Å². The number of aliphatic carboxylic acids is 1. The van der Waals surface area contributed by atoms with Crippen molar-refractivity contribution in [3.8, 4) is 0 Å². The second kappa shape index (κ2) is 6.11. The third kappa shape index (κ3) is 2.74. The van der Waals surface area contributed by atoms with Crippen LogP contribution in [-0.2, 0) is 25.6 Å². The molecule has 22 heavy (non-hydrogen) atoms. The molecule has 4 atom stereocenters. The summed E-state index contributed by atoms with van der Waals surface area (Å²) < 4.78 is 10.1. The van der Waals surface area contributed by atoms with Gasteiger partial charge in [-0.2, -0.15) is 4.55 Å². The number of hydrogen-bond donors (Lipinski definition) is 4. The molecule has 0 aromatic heterocycles. The predicted molar refractivity (Wildman–Crippen MR) is 78.0 cm³/mol. The molecule has 0 aromatic carbocycles. The monoisotopic (exact) mass is 329 g/mol. The number of aliphatic hydroxyl groups excluding tert-OH is 1. The molecule has 1 saturated heterocycles. The van der Waals surface area contributed by atoms with Crippen LogP contribution in [0.5, 0.6) is 0 Å². The number of carbonyl (C=O) groups excluding carboxylic acids is 2. The zero-order chi connectivity index (χ0) is 16.6. The van der Waals surface area contributed by atoms with E-state index in [1.165, 1.54) is 25.5 Å². The Kier molecular flexibility index (Phi) is 4.59. The number of nitrogens with one attached hydrogen (secondary N) is 1. The second-order valence-corrected chi connectivity index (χ2v) is 6.53. The van der Waals surface area contributed by atoms with Crippen LogP contribution in [0, 0.1) is 5.92 Å². The first-order chi connectivity index (χ1) is 10.3. The number of fused-ring (bicyclic) bond motifs is 1. The summed E-state index contributed by atoms with van der Waals surface area (Å²) in [4.78, 5) is 35.5. The summed E-state index contributed by atoms with van der Waals surface area (Å²) in [6.45, 7) is 2.78. The van der Waals surface area contributed by atoms with E-state index in [9.17, 15) is 29.1 Å². The van der Waals surface area contributed by atoms with E-state index in [-0.39, 0.29) is 22.9 Å². The van der Waals surface area contributed by atoms with Crippen molar-refractivity contribution in [2.45, 2.75) is 32.4 Å². The van der Waals surface area contributed by atoms with Gasteiger partial charge >= 0.3 is 5.97 Å². The normalized spacial score (nSPS) is 26.7. The summed E-state index contributed by atoms with van der Waals surface area (Å²) >= 11 is -1.53. The van der Waals surface area contributed by atoms with Crippen LogP contribution in [0.25, 0.3) is 0 Å². The molecule has 4 N–H and O–H groups in total. The minimum atomic E-state index is -1.53. The Morgan fingerprint density at radius 2 is 2.14 bits per heavy atom. The van der Waals surface area contributed by atoms with Gasteiger partial charge in [0.25, 0.3) is 0 Å². The summed E-state index contributed by atoms with van der Waals surface area (Å²) in [6, 6.07) is -0.440. The Labute approximate surface area is 129 Å². The van der Waals surface area contributed by atoms with Gasteiger partial charge in [-0.25, -0.2) is 4.79 Å². The second-order valence-electron chi connectivity index (χ2n) is 5.14.